The van der Waals surface area contributed by atoms with E-state index in [1.54, 1.807) is 0 Å². The Kier molecular flexibility index (Phi) is 2.98. The average Bonchev–Trinajstić information content (AvgIpc) is 2.95. The Balaban J connectivity index is 2.03. The molecule has 0 aliphatic rings. The van der Waals surface area contributed by atoms with E-state index in [0.717, 1.165) is 17.7 Å². The van der Waals surface area contributed by atoms with Crippen LogP contribution in [0.4, 0.5) is 13.2 Å². The van der Waals surface area contributed by atoms with Crippen LogP contribution in [0.2, 0.25) is 0 Å². The van der Waals surface area contributed by atoms with Crippen LogP contribution in [-0.2, 0) is 0 Å². The minimum atomic E-state index is -1.51. The number of aromatic amines is 1. The first-order valence-electron chi connectivity index (χ1n) is 5.78. The molecule has 100 valence electrons. The van der Waals surface area contributed by atoms with Crippen LogP contribution in [-0.4, -0.2) is 15.2 Å². The zero-order valence-corrected chi connectivity index (χ0v) is 10.1. The third-order valence-electron chi connectivity index (χ3n) is 2.77. The third-order valence-corrected chi connectivity index (χ3v) is 2.77. The number of hydrogen-bond acceptors (Lipinski definition) is 2. The zero-order valence-electron chi connectivity index (χ0n) is 10.1. The van der Waals surface area contributed by atoms with Gasteiger partial charge in [-0.05, 0) is 12.1 Å². The molecule has 0 saturated carbocycles. The fourth-order valence-electron chi connectivity index (χ4n) is 1.80. The minimum Gasteiger partial charge on any atom is -0.259 e. The summed E-state index contributed by atoms with van der Waals surface area (Å²) in [7, 11) is 0. The molecule has 20 heavy (non-hydrogen) atoms. The van der Waals surface area contributed by atoms with Gasteiger partial charge in [0.2, 0.25) is 0 Å². The molecule has 0 atom stereocenters. The van der Waals surface area contributed by atoms with E-state index < -0.39 is 17.5 Å². The SMILES string of the molecule is Fc1cc(-c2n[nH]c(-c3ccccc3)n2)cc(F)c1F. The van der Waals surface area contributed by atoms with Gasteiger partial charge in [-0.3, -0.25) is 5.10 Å². The fraction of sp³-hybridized carbons (Fsp3) is 0. The van der Waals surface area contributed by atoms with Crippen molar-refractivity contribution in [2.75, 3.05) is 0 Å². The summed E-state index contributed by atoms with van der Waals surface area (Å²) in [6, 6.07) is 10.9. The molecule has 0 aliphatic carbocycles. The number of rotatable bonds is 2. The number of aromatic nitrogens is 3. The van der Waals surface area contributed by atoms with E-state index in [1.807, 2.05) is 30.3 Å². The molecule has 0 bridgehead atoms. The molecule has 0 spiro atoms. The first-order valence-corrected chi connectivity index (χ1v) is 5.78. The van der Waals surface area contributed by atoms with E-state index in [0.29, 0.717) is 5.82 Å². The molecule has 0 fully saturated rings. The van der Waals surface area contributed by atoms with Crippen molar-refractivity contribution < 1.29 is 13.2 Å². The topological polar surface area (TPSA) is 41.6 Å². The summed E-state index contributed by atoms with van der Waals surface area (Å²) < 4.78 is 39.2. The molecule has 0 aliphatic heterocycles. The first kappa shape index (κ1) is 12.4. The second-order valence-corrected chi connectivity index (χ2v) is 4.13. The molecule has 3 aromatic rings. The maximum atomic E-state index is 13.2. The lowest BCUT2D eigenvalue weighted by molar-refractivity contribution is 0.447. The Morgan fingerprint density at radius 1 is 0.850 bits per heavy atom. The second-order valence-electron chi connectivity index (χ2n) is 4.13. The van der Waals surface area contributed by atoms with Gasteiger partial charge in [0.1, 0.15) is 0 Å². The molecular weight excluding hydrogens is 267 g/mol. The van der Waals surface area contributed by atoms with Gasteiger partial charge in [-0.15, -0.1) is 0 Å². The summed E-state index contributed by atoms with van der Waals surface area (Å²) in [4.78, 5) is 4.14. The van der Waals surface area contributed by atoms with E-state index in [-0.39, 0.29) is 11.4 Å². The van der Waals surface area contributed by atoms with Crippen molar-refractivity contribution in [3.05, 3.63) is 59.9 Å². The van der Waals surface area contributed by atoms with Crippen LogP contribution in [0.1, 0.15) is 0 Å². The molecule has 1 heterocycles. The minimum absolute atomic E-state index is 0.0693. The molecule has 0 radical (unpaired) electrons. The van der Waals surface area contributed by atoms with Crippen LogP contribution in [0.3, 0.4) is 0 Å². The van der Waals surface area contributed by atoms with E-state index in [2.05, 4.69) is 15.2 Å². The normalized spacial score (nSPS) is 10.8. The van der Waals surface area contributed by atoms with Gasteiger partial charge >= 0.3 is 0 Å². The van der Waals surface area contributed by atoms with Gasteiger partial charge < -0.3 is 0 Å². The van der Waals surface area contributed by atoms with Crippen LogP contribution in [0, 0.1) is 17.5 Å². The highest BCUT2D eigenvalue weighted by molar-refractivity contribution is 5.61. The molecule has 3 rings (SSSR count). The highest BCUT2D eigenvalue weighted by Crippen LogP contribution is 2.23. The first-order chi connectivity index (χ1) is 9.65. The lowest BCUT2D eigenvalue weighted by Gasteiger charge is -1.98. The summed E-state index contributed by atoms with van der Waals surface area (Å²) in [5, 5.41) is 6.56. The molecule has 0 unspecified atom stereocenters. The van der Waals surface area contributed by atoms with E-state index in [4.69, 9.17) is 0 Å². The highest BCUT2D eigenvalue weighted by atomic mass is 19.2. The van der Waals surface area contributed by atoms with E-state index in [9.17, 15) is 13.2 Å². The Morgan fingerprint density at radius 2 is 1.50 bits per heavy atom. The van der Waals surface area contributed by atoms with Crippen LogP contribution >= 0.6 is 0 Å². The molecule has 3 nitrogen and oxygen atoms in total. The van der Waals surface area contributed by atoms with Crippen molar-refractivity contribution >= 4 is 0 Å². The van der Waals surface area contributed by atoms with Gasteiger partial charge in [0.25, 0.3) is 0 Å². The number of benzene rings is 2. The van der Waals surface area contributed by atoms with Crippen LogP contribution in [0.15, 0.2) is 42.5 Å². The van der Waals surface area contributed by atoms with Crippen LogP contribution in [0.5, 0.6) is 0 Å². The molecular formula is C14H8F3N3. The Morgan fingerprint density at radius 3 is 2.15 bits per heavy atom. The largest absolute Gasteiger partial charge is 0.259 e. The van der Waals surface area contributed by atoms with Crippen molar-refractivity contribution in [3.63, 3.8) is 0 Å². The third kappa shape index (κ3) is 2.16. The summed E-state index contributed by atoms with van der Waals surface area (Å²) in [5.41, 5.74) is 0.856. The Hall–Kier alpha value is -2.63. The molecule has 6 heteroatoms. The van der Waals surface area contributed by atoms with Crippen LogP contribution in [0.25, 0.3) is 22.8 Å². The van der Waals surface area contributed by atoms with Gasteiger partial charge in [0, 0.05) is 11.1 Å². The molecule has 1 N–H and O–H groups in total. The maximum Gasteiger partial charge on any atom is 0.194 e. The summed E-state index contributed by atoms with van der Waals surface area (Å²) in [6.07, 6.45) is 0. The standard InChI is InChI=1S/C14H8F3N3/c15-10-6-9(7-11(16)12(10)17)14-18-13(19-20-14)8-4-2-1-3-5-8/h1-7H,(H,18,19,20). The molecule has 0 amide bonds. The quantitative estimate of drug-likeness (QED) is 0.726. The predicted octanol–water partition coefficient (Wildman–Crippen LogP) is 3.56. The predicted molar refractivity (Wildman–Crippen MR) is 67.1 cm³/mol. The Bertz CT molecular complexity index is 730. The lowest BCUT2D eigenvalue weighted by Crippen LogP contribution is -1.92. The van der Waals surface area contributed by atoms with Crippen LogP contribution < -0.4 is 0 Å². The number of halogens is 3. The van der Waals surface area contributed by atoms with Gasteiger partial charge in [-0.2, -0.15) is 5.10 Å². The molecule has 0 saturated heterocycles. The monoisotopic (exact) mass is 275 g/mol. The van der Waals surface area contributed by atoms with Gasteiger partial charge in [0.05, 0.1) is 0 Å². The van der Waals surface area contributed by atoms with Crippen molar-refractivity contribution in [2.24, 2.45) is 0 Å². The van der Waals surface area contributed by atoms with E-state index in [1.165, 1.54) is 0 Å². The number of nitrogens with zero attached hydrogens (tertiary/aromatic N) is 2. The number of hydrogen-bond donors (Lipinski definition) is 1. The van der Waals surface area contributed by atoms with Crippen molar-refractivity contribution in [3.8, 4) is 22.8 Å². The summed E-state index contributed by atoms with van der Waals surface area (Å²) >= 11 is 0. The summed E-state index contributed by atoms with van der Waals surface area (Å²) in [5.74, 6) is -3.49. The zero-order chi connectivity index (χ0) is 14.1. The number of H-pyrrole nitrogens is 1. The van der Waals surface area contributed by atoms with Crippen molar-refractivity contribution in [1.29, 1.82) is 0 Å². The smallest absolute Gasteiger partial charge is 0.194 e. The average molecular weight is 275 g/mol. The molecule has 2 aromatic carbocycles. The molecule has 1 aromatic heterocycles. The highest BCUT2D eigenvalue weighted by Gasteiger charge is 2.14. The van der Waals surface area contributed by atoms with Gasteiger partial charge in [-0.1, -0.05) is 30.3 Å². The van der Waals surface area contributed by atoms with Gasteiger partial charge in [-0.25, -0.2) is 18.2 Å². The summed E-state index contributed by atoms with van der Waals surface area (Å²) in [6.45, 7) is 0. The lowest BCUT2D eigenvalue weighted by atomic mass is 10.2. The van der Waals surface area contributed by atoms with Crippen molar-refractivity contribution in [2.45, 2.75) is 0 Å². The van der Waals surface area contributed by atoms with Crippen molar-refractivity contribution in [1.82, 2.24) is 15.2 Å². The van der Waals surface area contributed by atoms with Gasteiger partial charge in [0.15, 0.2) is 29.1 Å². The maximum absolute atomic E-state index is 13.2. The number of nitrogens with one attached hydrogen (secondary N) is 1. The fourth-order valence-corrected chi connectivity index (χ4v) is 1.80. The second kappa shape index (κ2) is 4.80. The Labute approximate surface area is 112 Å². The van der Waals surface area contributed by atoms with E-state index >= 15 is 0 Å².